The molecule has 138 valence electrons. The summed E-state index contributed by atoms with van der Waals surface area (Å²) in [5, 5.41) is 13.5. The van der Waals surface area contributed by atoms with Crippen molar-refractivity contribution in [1.29, 1.82) is 5.26 Å². The van der Waals surface area contributed by atoms with Crippen LogP contribution in [0.1, 0.15) is 36.0 Å². The number of rotatable bonds is 5. The van der Waals surface area contributed by atoms with Crippen molar-refractivity contribution in [2.24, 2.45) is 5.92 Å². The van der Waals surface area contributed by atoms with Gasteiger partial charge in [0.05, 0.1) is 37.6 Å². The minimum Gasteiger partial charge on any atom is -0.379 e. The summed E-state index contributed by atoms with van der Waals surface area (Å²) < 4.78 is 5.44. The monoisotopic (exact) mass is 371 g/mol. The number of nitrogens with one attached hydrogen (secondary N) is 1. The van der Waals surface area contributed by atoms with E-state index < -0.39 is 0 Å². The van der Waals surface area contributed by atoms with E-state index in [-0.39, 0.29) is 0 Å². The Labute approximate surface area is 158 Å². The van der Waals surface area contributed by atoms with Crippen LogP contribution >= 0.6 is 11.3 Å². The Balaban J connectivity index is 1.68. The summed E-state index contributed by atoms with van der Waals surface area (Å²) in [7, 11) is 0. The number of hydrogen-bond acceptors (Lipinski definition) is 7. The molecule has 1 fully saturated rings. The van der Waals surface area contributed by atoms with E-state index in [1.807, 2.05) is 11.3 Å². The molecule has 6 nitrogen and oxygen atoms in total. The van der Waals surface area contributed by atoms with E-state index in [0.29, 0.717) is 13.0 Å². The van der Waals surface area contributed by atoms with Gasteiger partial charge in [-0.1, -0.05) is 6.92 Å². The lowest BCUT2D eigenvalue weighted by Crippen LogP contribution is -2.36. The van der Waals surface area contributed by atoms with E-state index in [4.69, 9.17) is 20.0 Å². The van der Waals surface area contributed by atoms with Crippen molar-refractivity contribution >= 4 is 27.4 Å². The van der Waals surface area contributed by atoms with Gasteiger partial charge in [-0.3, -0.25) is 4.90 Å². The molecule has 0 saturated carbocycles. The van der Waals surface area contributed by atoms with Crippen molar-refractivity contribution in [2.75, 3.05) is 38.2 Å². The smallest absolute Gasteiger partial charge is 0.146 e. The Morgan fingerprint density at radius 3 is 3.00 bits per heavy atom. The highest BCUT2D eigenvalue weighted by molar-refractivity contribution is 7.19. The van der Waals surface area contributed by atoms with Gasteiger partial charge in [-0.15, -0.1) is 11.3 Å². The van der Waals surface area contributed by atoms with Crippen LogP contribution < -0.4 is 5.32 Å². The van der Waals surface area contributed by atoms with E-state index in [9.17, 15) is 0 Å². The number of ether oxygens (including phenoxy) is 1. The number of hydrogen-bond donors (Lipinski definition) is 1. The molecular weight excluding hydrogens is 346 g/mol. The molecule has 0 radical (unpaired) electrons. The Bertz CT molecular complexity index is 821. The first-order chi connectivity index (χ1) is 12.7. The number of nitriles is 1. The summed E-state index contributed by atoms with van der Waals surface area (Å²) in [5.41, 5.74) is 1.43. The summed E-state index contributed by atoms with van der Waals surface area (Å²) in [6.07, 6.45) is 3.96. The number of fused-ring (bicyclic) bond motifs is 3. The molecule has 26 heavy (non-hydrogen) atoms. The lowest BCUT2D eigenvalue weighted by Gasteiger charge is -2.25. The van der Waals surface area contributed by atoms with Gasteiger partial charge in [-0.05, 0) is 30.7 Å². The molecule has 0 aromatic carbocycles. The molecule has 1 N–H and O–H groups in total. The van der Waals surface area contributed by atoms with Crippen molar-refractivity contribution < 1.29 is 4.74 Å². The average molecular weight is 372 g/mol. The van der Waals surface area contributed by atoms with Gasteiger partial charge in [-0.2, -0.15) is 5.26 Å². The molecule has 2 aromatic rings. The normalized spacial score (nSPS) is 20.7. The highest BCUT2D eigenvalue weighted by atomic mass is 32.1. The third kappa shape index (κ3) is 3.68. The molecule has 4 rings (SSSR count). The first-order valence-electron chi connectivity index (χ1n) is 9.46. The lowest BCUT2D eigenvalue weighted by molar-refractivity contribution is 0.0331. The zero-order chi connectivity index (χ0) is 17.9. The first kappa shape index (κ1) is 17.7. The van der Waals surface area contributed by atoms with Gasteiger partial charge >= 0.3 is 0 Å². The van der Waals surface area contributed by atoms with Crippen molar-refractivity contribution in [3.8, 4) is 6.07 Å². The molecule has 2 aromatic heterocycles. The van der Waals surface area contributed by atoms with Gasteiger partial charge in [0.25, 0.3) is 0 Å². The maximum atomic E-state index is 8.87. The van der Waals surface area contributed by atoms with Crippen molar-refractivity contribution in [3.05, 3.63) is 16.3 Å². The highest BCUT2D eigenvalue weighted by Crippen LogP contribution is 2.40. The standard InChI is InChI=1S/C19H25N5OS/c1-13-3-4-14-15(11-13)26-19-17(14)18(21-6-2-5-20)22-16(23-19)12-24-7-9-25-10-8-24/h13H,2-4,6-12H2,1H3,(H,21,22,23)/t13-/m1/s1. The van der Waals surface area contributed by atoms with Crippen LogP contribution in [0.25, 0.3) is 10.2 Å². The second-order valence-electron chi connectivity index (χ2n) is 7.24. The summed E-state index contributed by atoms with van der Waals surface area (Å²) in [6.45, 7) is 7.12. The van der Waals surface area contributed by atoms with Crippen LogP contribution in [-0.4, -0.2) is 47.7 Å². The molecular formula is C19H25N5OS. The van der Waals surface area contributed by atoms with Crippen LogP contribution in [-0.2, 0) is 24.1 Å². The number of aromatic nitrogens is 2. The SMILES string of the molecule is C[C@@H]1CCc2c(sc3nc(CN4CCOCC4)nc(NCCC#N)c23)C1. The van der Waals surface area contributed by atoms with Gasteiger partial charge in [0, 0.05) is 24.5 Å². The number of morpholine rings is 1. The van der Waals surface area contributed by atoms with Crippen molar-refractivity contribution in [1.82, 2.24) is 14.9 Å². The summed E-state index contributed by atoms with van der Waals surface area (Å²) in [4.78, 5) is 14.7. The molecule has 0 amide bonds. The topological polar surface area (TPSA) is 74.1 Å². The molecule has 2 aliphatic rings. The maximum Gasteiger partial charge on any atom is 0.146 e. The molecule has 0 spiro atoms. The van der Waals surface area contributed by atoms with Crippen LogP contribution in [0.4, 0.5) is 5.82 Å². The Kier molecular flexibility index (Phi) is 5.34. The molecule has 1 saturated heterocycles. The van der Waals surface area contributed by atoms with E-state index >= 15 is 0 Å². The Morgan fingerprint density at radius 2 is 2.19 bits per heavy atom. The molecule has 3 heterocycles. The molecule has 1 aliphatic carbocycles. The van der Waals surface area contributed by atoms with Gasteiger partial charge in [0.15, 0.2) is 0 Å². The van der Waals surface area contributed by atoms with Crippen LogP contribution in [0.2, 0.25) is 0 Å². The third-order valence-electron chi connectivity index (χ3n) is 5.20. The molecule has 7 heteroatoms. The predicted molar refractivity (Wildman–Crippen MR) is 103 cm³/mol. The fourth-order valence-electron chi connectivity index (χ4n) is 3.78. The summed E-state index contributed by atoms with van der Waals surface area (Å²) >= 11 is 1.83. The number of thiophene rings is 1. The second-order valence-corrected chi connectivity index (χ2v) is 8.33. The Morgan fingerprint density at radius 1 is 1.35 bits per heavy atom. The average Bonchev–Trinajstić information content (AvgIpc) is 3.00. The number of anilines is 1. The number of nitrogens with zero attached hydrogens (tertiary/aromatic N) is 4. The molecule has 1 aliphatic heterocycles. The van der Waals surface area contributed by atoms with Gasteiger partial charge in [0.1, 0.15) is 16.5 Å². The van der Waals surface area contributed by atoms with Gasteiger partial charge in [-0.25, -0.2) is 9.97 Å². The zero-order valence-corrected chi connectivity index (χ0v) is 16.1. The first-order valence-corrected chi connectivity index (χ1v) is 10.3. The third-order valence-corrected chi connectivity index (χ3v) is 6.35. The molecule has 0 bridgehead atoms. The van der Waals surface area contributed by atoms with E-state index in [1.165, 1.54) is 22.2 Å². The van der Waals surface area contributed by atoms with Crippen LogP contribution in [0.3, 0.4) is 0 Å². The van der Waals surface area contributed by atoms with E-state index in [2.05, 4.69) is 23.2 Å². The Hall–Kier alpha value is -1.75. The highest BCUT2D eigenvalue weighted by Gasteiger charge is 2.24. The van der Waals surface area contributed by atoms with Crippen molar-refractivity contribution in [3.63, 3.8) is 0 Å². The molecule has 0 unspecified atom stereocenters. The minimum atomic E-state index is 0.480. The van der Waals surface area contributed by atoms with Crippen LogP contribution in [0, 0.1) is 17.2 Å². The van der Waals surface area contributed by atoms with Crippen LogP contribution in [0.15, 0.2) is 0 Å². The zero-order valence-electron chi connectivity index (χ0n) is 15.3. The van der Waals surface area contributed by atoms with Crippen LogP contribution in [0.5, 0.6) is 0 Å². The van der Waals surface area contributed by atoms with Gasteiger partial charge < -0.3 is 10.1 Å². The summed E-state index contributed by atoms with van der Waals surface area (Å²) in [6, 6.07) is 2.20. The quantitative estimate of drug-likeness (QED) is 0.815. The predicted octanol–water partition coefficient (Wildman–Crippen LogP) is 2.97. The second kappa shape index (κ2) is 7.87. The number of aryl methyl sites for hydroxylation is 1. The fraction of sp³-hybridized carbons (Fsp3) is 0.632. The minimum absolute atomic E-state index is 0.480. The van der Waals surface area contributed by atoms with Gasteiger partial charge in [0.2, 0.25) is 0 Å². The summed E-state index contributed by atoms with van der Waals surface area (Å²) in [5.74, 6) is 2.53. The largest absolute Gasteiger partial charge is 0.379 e. The molecule has 1 atom stereocenters. The van der Waals surface area contributed by atoms with E-state index in [0.717, 1.165) is 68.1 Å². The lowest BCUT2D eigenvalue weighted by atomic mass is 9.89. The maximum absolute atomic E-state index is 8.87. The van der Waals surface area contributed by atoms with Crippen molar-refractivity contribution in [2.45, 2.75) is 39.2 Å². The van der Waals surface area contributed by atoms with E-state index in [1.54, 1.807) is 0 Å². The fourth-order valence-corrected chi connectivity index (χ4v) is 5.18.